The molecule has 0 aromatic carbocycles. The number of aromatic nitrogens is 1. The van der Waals surface area contributed by atoms with Gasteiger partial charge in [0.05, 0.1) is 17.5 Å². The van der Waals surface area contributed by atoms with Gasteiger partial charge in [0.15, 0.2) is 0 Å². The molecule has 0 N–H and O–H groups in total. The minimum Gasteiger partial charge on any atom is -0.292 e. The van der Waals surface area contributed by atoms with Crippen molar-refractivity contribution in [2.75, 3.05) is 13.6 Å². The van der Waals surface area contributed by atoms with Gasteiger partial charge in [0.2, 0.25) is 11.8 Å². The quantitative estimate of drug-likeness (QED) is 0.728. The van der Waals surface area contributed by atoms with Crippen LogP contribution in [0.25, 0.3) is 6.08 Å². The van der Waals surface area contributed by atoms with Crippen molar-refractivity contribution >= 4 is 33.8 Å². The number of amides is 2. The molecule has 4 unspecified atom stereocenters. The fraction of sp³-hybridized carbons (Fsp3) is 0.500. The monoisotopic (exact) mass is 389 g/mol. The Morgan fingerprint density at radius 3 is 2.75 bits per heavy atom. The largest absolute Gasteiger partial charge is 0.292 e. The van der Waals surface area contributed by atoms with E-state index in [2.05, 4.69) is 31.9 Å². The SMILES string of the molecule is CN1C(=O)C2C(C1=O)C1CCCCN1C2C=Cc1ccc(Br)cn1. The van der Waals surface area contributed by atoms with Gasteiger partial charge in [-0.1, -0.05) is 12.5 Å². The molecule has 0 saturated carbocycles. The van der Waals surface area contributed by atoms with E-state index in [4.69, 9.17) is 0 Å². The molecule has 6 heteroatoms. The Labute approximate surface area is 149 Å². The van der Waals surface area contributed by atoms with Crippen LogP contribution in [0.15, 0.2) is 28.9 Å². The third-order valence-electron chi connectivity index (χ3n) is 5.59. The van der Waals surface area contributed by atoms with E-state index in [1.54, 1.807) is 13.2 Å². The molecule has 0 spiro atoms. The van der Waals surface area contributed by atoms with Gasteiger partial charge >= 0.3 is 0 Å². The Bertz CT molecular complexity index is 703. The lowest BCUT2D eigenvalue weighted by molar-refractivity contribution is -0.139. The topological polar surface area (TPSA) is 53.5 Å². The van der Waals surface area contributed by atoms with Gasteiger partial charge in [-0.2, -0.15) is 0 Å². The second-order valence-corrected chi connectivity index (χ2v) is 7.75. The molecule has 0 aliphatic carbocycles. The second kappa shape index (κ2) is 6.08. The molecule has 1 aromatic heterocycles. The van der Waals surface area contributed by atoms with E-state index in [0.717, 1.165) is 36.0 Å². The molecule has 3 fully saturated rings. The molecular weight excluding hydrogens is 370 g/mol. The summed E-state index contributed by atoms with van der Waals surface area (Å²) < 4.78 is 0.940. The Morgan fingerprint density at radius 1 is 1.21 bits per heavy atom. The lowest BCUT2D eigenvalue weighted by Gasteiger charge is -2.35. The van der Waals surface area contributed by atoms with Gasteiger partial charge in [0, 0.05) is 29.8 Å². The van der Waals surface area contributed by atoms with E-state index < -0.39 is 0 Å². The van der Waals surface area contributed by atoms with Crippen LogP contribution in [0.4, 0.5) is 0 Å². The van der Waals surface area contributed by atoms with Crippen molar-refractivity contribution in [1.82, 2.24) is 14.8 Å². The van der Waals surface area contributed by atoms with Gasteiger partial charge in [-0.05, 0) is 53.5 Å². The minimum atomic E-state index is -0.239. The van der Waals surface area contributed by atoms with Crippen LogP contribution in [0.3, 0.4) is 0 Å². The number of pyridine rings is 1. The van der Waals surface area contributed by atoms with Crippen LogP contribution in [0.5, 0.6) is 0 Å². The Morgan fingerprint density at radius 2 is 2.00 bits per heavy atom. The summed E-state index contributed by atoms with van der Waals surface area (Å²) in [5, 5.41) is 0. The smallest absolute Gasteiger partial charge is 0.234 e. The predicted molar refractivity (Wildman–Crippen MR) is 93.9 cm³/mol. The highest BCUT2D eigenvalue weighted by Crippen LogP contribution is 2.45. The zero-order chi connectivity index (χ0) is 16.8. The molecule has 126 valence electrons. The van der Waals surface area contributed by atoms with Crippen LogP contribution >= 0.6 is 15.9 Å². The number of piperidine rings is 1. The van der Waals surface area contributed by atoms with E-state index in [1.807, 2.05) is 18.2 Å². The van der Waals surface area contributed by atoms with Crippen LogP contribution in [0.1, 0.15) is 25.0 Å². The molecule has 4 heterocycles. The van der Waals surface area contributed by atoms with Gasteiger partial charge in [-0.25, -0.2) is 0 Å². The first-order valence-corrected chi connectivity index (χ1v) is 9.24. The van der Waals surface area contributed by atoms with Crippen molar-refractivity contribution in [3.05, 3.63) is 34.6 Å². The van der Waals surface area contributed by atoms with E-state index in [-0.39, 0.29) is 35.7 Å². The van der Waals surface area contributed by atoms with Crippen LogP contribution in [-0.2, 0) is 9.59 Å². The molecule has 3 aliphatic heterocycles. The van der Waals surface area contributed by atoms with Crippen molar-refractivity contribution in [2.45, 2.75) is 31.3 Å². The average Bonchev–Trinajstić information content (AvgIpc) is 3.04. The molecule has 3 aliphatic rings. The van der Waals surface area contributed by atoms with Crippen LogP contribution < -0.4 is 0 Å². The van der Waals surface area contributed by atoms with Crippen LogP contribution in [0, 0.1) is 11.8 Å². The van der Waals surface area contributed by atoms with E-state index >= 15 is 0 Å². The summed E-state index contributed by atoms with van der Waals surface area (Å²) in [4.78, 5) is 33.2. The maximum atomic E-state index is 12.6. The van der Waals surface area contributed by atoms with E-state index in [9.17, 15) is 9.59 Å². The highest BCUT2D eigenvalue weighted by molar-refractivity contribution is 9.10. The lowest BCUT2D eigenvalue weighted by Crippen LogP contribution is -2.45. The van der Waals surface area contributed by atoms with Gasteiger partial charge < -0.3 is 0 Å². The maximum absolute atomic E-state index is 12.6. The number of hydrogen-bond donors (Lipinski definition) is 0. The molecule has 3 saturated heterocycles. The number of nitrogens with zero attached hydrogens (tertiary/aromatic N) is 3. The number of hydrogen-bond acceptors (Lipinski definition) is 4. The second-order valence-electron chi connectivity index (χ2n) is 6.84. The number of imide groups is 1. The zero-order valence-corrected chi connectivity index (χ0v) is 15.1. The molecule has 1 aromatic rings. The number of halogens is 1. The lowest BCUT2D eigenvalue weighted by atomic mass is 9.87. The minimum absolute atomic E-state index is 0.000401. The van der Waals surface area contributed by atoms with Gasteiger partial charge in [-0.15, -0.1) is 0 Å². The first-order chi connectivity index (χ1) is 11.6. The van der Waals surface area contributed by atoms with Crippen molar-refractivity contribution in [2.24, 2.45) is 11.8 Å². The molecule has 5 nitrogen and oxygen atoms in total. The van der Waals surface area contributed by atoms with Crippen molar-refractivity contribution in [3.63, 3.8) is 0 Å². The molecule has 0 radical (unpaired) electrons. The summed E-state index contributed by atoms with van der Waals surface area (Å²) in [7, 11) is 1.62. The standard InChI is InChI=1S/C18H20BrN3O2/c1-21-17(23)15-13-4-2-3-9-22(13)14(16(15)18(21)24)8-7-12-6-5-11(19)10-20-12/h5-8,10,13-16H,2-4,9H2,1H3. The third-order valence-corrected chi connectivity index (χ3v) is 6.06. The summed E-state index contributed by atoms with van der Waals surface area (Å²) in [6.07, 6.45) is 9.09. The summed E-state index contributed by atoms with van der Waals surface area (Å²) in [6, 6.07) is 4.09. The molecule has 4 rings (SSSR count). The number of carbonyl (C=O) groups excluding carboxylic acids is 2. The summed E-state index contributed by atoms with van der Waals surface area (Å²) in [5.74, 6) is -0.440. The van der Waals surface area contributed by atoms with E-state index in [0.29, 0.717) is 0 Å². The zero-order valence-electron chi connectivity index (χ0n) is 13.6. The predicted octanol–water partition coefficient (Wildman–Crippen LogP) is 2.32. The number of likely N-dealkylation sites (tertiary alicyclic amines) is 1. The van der Waals surface area contributed by atoms with Gasteiger partial charge in [0.1, 0.15) is 0 Å². The molecule has 2 amide bonds. The fourth-order valence-corrected chi connectivity index (χ4v) is 4.72. The first-order valence-electron chi connectivity index (χ1n) is 8.45. The summed E-state index contributed by atoms with van der Waals surface area (Å²) >= 11 is 3.38. The highest BCUT2D eigenvalue weighted by Gasteiger charge is 2.60. The van der Waals surface area contributed by atoms with Gasteiger partial charge in [0.25, 0.3) is 0 Å². The van der Waals surface area contributed by atoms with Crippen molar-refractivity contribution < 1.29 is 9.59 Å². The maximum Gasteiger partial charge on any atom is 0.234 e. The molecule has 24 heavy (non-hydrogen) atoms. The van der Waals surface area contributed by atoms with Crippen LogP contribution in [0.2, 0.25) is 0 Å². The Hall–Kier alpha value is -1.53. The highest BCUT2D eigenvalue weighted by atomic mass is 79.9. The Kier molecular flexibility index (Phi) is 4.04. The summed E-state index contributed by atoms with van der Waals surface area (Å²) in [6.45, 7) is 0.963. The third kappa shape index (κ3) is 2.43. The van der Waals surface area contributed by atoms with Gasteiger partial charge in [-0.3, -0.25) is 24.4 Å². The number of fused-ring (bicyclic) bond motifs is 3. The molecular formula is C18H20BrN3O2. The van der Waals surface area contributed by atoms with Crippen molar-refractivity contribution in [1.29, 1.82) is 0 Å². The normalized spacial score (nSPS) is 33.3. The number of carbonyl (C=O) groups is 2. The summed E-state index contributed by atoms with van der Waals surface area (Å²) in [5.41, 5.74) is 0.861. The average molecular weight is 390 g/mol. The molecule has 4 atom stereocenters. The Balaban J connectivity index is 1.66. The fourth-order valence-electron chi connectivity index (χ4n) is 4.48. The van der Waals surface area contributed by atoms with E-state index in [1.165, 1.54) is 4.90 Å². The first kappa shape index (κ1) is 16.0. The number of rotatable bonds is 2. The molecule has 0 bridgehead atoms. The van der Waals surface area contributed by atoms with Crippen molar-refractivity contribution in [3.8, 4) is 0 Å². The van der Waals surface area contributed by atoms with Crippen LogP contribution in [-0.4, -0.2) is 52.3 Å².